The zero-order chi connectivity index (χ0) is 11.1. The van der Waals surface area contributed by atoms with Crippen molar-refractivity contribution in [3.63, 3.8) is 0 Å². The normalized spacial score (nSPS) is 11.2. The number of nitrogens with two attached hydrogens (primary N) is 1. The standard InChI is InChI=1S/C10H10N2O3/c11-10(14)15-9(6-12-7-13)8-4-2-1-3-5-8/h1-5,9H,6H2,(H2,11,14)/t9-/m0/s1. The maximum Gasteiger partial charge on any atom is 0.405 e. The molecule has 0 saturated carbocycles. The lowest BCUT2D eigenvalue weighted by Crippen LogP contribution is -2.19. The lowest BCUT2D eigenvalue weighted by molar-refractivity contribution is 0.111. The Labute approximate surface area is 86.6 Å². The van der Waals surface area contributed by atoms with Crippen molar-refractivity contribution < 1.29 is 14.3 Å². The van der Waals surface area contributed by atoms with E-state index in [1.54, 1.807) is 24.3 Å². The Kier molecular flexibility index (Phi) is 4.06. The molecule has 0 aliphatic carbocycles. The summed E-state index contributed by atoms with van der Waals surface area (Å²) in [6.45, 7) is 0.0243. The Hall–Kier alpha value is -2.13. The lowest BCUT2D eigenvalue weighted by atomic mass is 10.1. The van der Waals surface area contributed by atoms with Gasteiger partial charge in [-0.1, -0.05) is 30.3 Å². The molecule has 0 radical (unpaired) electrons. The van der Waals surface area contributed by atoms with Crippen LogP contribution in [-0.4, -0.2) is 18.7 Å². The van der Waals surface area contributed by atoms with Crippen molar-refractivity contribution in [1.82, 2.24) is 0 Å². The number of isocyanates is 1. The molecule has 1 aromatic rings. The average Bonchev–Trinajstić information content (AvgIpc) is 2.25. The van der Waals surface area contributed by atoms with Crippen LogP contribution >= 0.6 is 0 Å². The van der Waals surface area contributed by atoms with Gasteiger partial charge in [-0.15, -0.1) is 0 Å². The van der Waals surface area contributed by atoms with Crippen molar-refractivity contribution in [2.75, 3.05) is 6.54 Å². The van der Waals surface area contributed by atoms with Crippen molar-refractivity contribution in [3.05, 3.63) is 35.9 Å². The molecule has 2 N–H and O–H groups in total. The first-order chi connectivity index (χ1) is 7.24. The minimum Gasteiger partial charge on any atom is -0.439 e. The Balaban J connectivity index is 2.80. The summed E-state index contributed by atoms with van der Waals surface area (Å²) in [6, 6.07) is 8.92. The highest BCUT2D eigenvalue weighted by molar-refractivity contribution is 5.65. The maximum absolute atomic E-state index is 10.6. The molecule has 1 atom stereocenters. The molecule has 0 fully saturated rings. The van der Waals surface area contributed by atoms with Crippen molar-refractivity contribution in [1.29, 1.82) is 0 Å². The molecule has 15 heavy (non-hydrogen) atoms. The smallest absolute Gasteiger partial charge is 0.405 e. The molecule has 0 bridgehead atoms. The summed E-state index contributed by atoms with van der Waals surface area (Å²) in [6.07, 6.45) is -0.148. The van der Waals surface area contributed by atoms with Gasteiger partial charge in [-0.3, -0.25) is 0 Å². The van der Waals surface area contributed by atoms with E-state index in [-0.39, 0.29) is 6.54 Å². The highest BCUT2D eigenvalue weighted by Gasteiger charge is 2.13. The van der Waals surface area contributed by atoms with Gasteiger partial charge in [0.25, 0.3) is 0 Å². The van der Waals surface area contributed by atoms with Gasteiger partial charge in [0.05, 0.1) is 6.54 Å². The van der Waals surface area contributed by atoms with Crippen LogP contribution < -0.4 is 5.73 Å². The predicted octanol–water partition coefficient (Wildman–Crippen LogP) is 1.16. The summed E-state index contributed by atoms with van der Waals surface area (Å²) in [5.41, 5.74) is 5.63. The van der Waals surface area contributed by atoms with Crippen LogP contribution in [0.5, 0.6) is 0 Å². The van der Waals surface area contributed by atoms with Gasteiger partial charge in [-0.25, -0.2) is 14.6 Å². The van der Waals surface area contributed by atoms with Crippen LogP contribution in [0.3, 0.4) is 0 Å². The van der Waals surface area contributed by atoms with Gasteiger partial charge in [0.15, 0.2) is 0 Å². The molecular weight excluding hydrogens is 196 g/mol. The molecule has 1 aromatic carbocycles. The van der Waals surface area contributed by atoms with Gasteiger partial charge >= 0.3 is 6.09 Å². The van der Waals surface area contributed by atoms with E-state index in [4.69, 9.17) is 10.5 Å². The predicted molar refractivity (Wildman–Crippen MR) is 52.8 cm³/mol. The summed E-state index contributed by atoms with van der Waals surface area (Å²) < 4.78 is 4.80. The van der Waals surface area contributed by atoms with Gasteiger partial charge < -0.3 is 10.5 Å². The topological polar surface area (TPSA) is 81.8 Å². The van der Waals surface area contributed by atoms with Crippen molar-refractivity contribution in [2.45, 2.75) is 6.10 Å². The van der Waals surface area contributed by atoms with Crippen LogP contribution in [0.1, 0.15) is 11.7 Å². The van der Waals surface area contributed by atoms with Crippen molar-refractivity contribution in [3.8, 4) is 0 Å². The Morgan fingerprint density at radius 2 is 2.13 bits per heavy atom. The summed E-state index contributed by atoms with van der Waals surface area (Å²) in [4.78, 5) is 23.9. The third-order valence-electron chi connectivity index (χ3n) is 1.75. The molecular formula is C10H10N2O3. The Morgan fingerprint density at radius 1 is 1.47 bits per heavy atom. The summed E-state index contributed by atoms with van der Waals surface area (Å²) in [7, 11) is 0. The van der Waals surface area contributed by atoms with E-state index < -0.39 is 12.2 Å². The monoisotopic (exact) mass is 206 g/mol. The van der Waals surface area contributed by atoms with Gasteiger partial charge in [0, 0.05) is 0 Å². The lowest BCUT2D eigenvalue weighted by Gasteiger charge is -2.13. The van der Waals surface area contributed by atoms with E-state index in [0.717, 1.165) is 5.56 Å². The first-order valence-corrected chi connectivity index (χ1v) is 4.28. The van der Waals surface area contributed by atoms with E-state index in [2.05, 4.69) is 4.99 Å². The molecule has 0 saturated heterocycles. The molecule has 1 amide bonds. The number of hydrogen-bond donors (Lipinski definition) is 1. The van der Waals surface area contributed by atoms with Crippen LogP contribution in [0.15, 0.2) is 35.3 Å². The molecule has 1 rings (SSSR count). The highest BCUT2D eigenvalue weighted by Crippen LogP contribution is 2.16. The molecule has 0 aromatic heterocycles. The van der Waals surface area contributed by atoms with Crippen molar-refractivity contribution >= 4 is 12.2 Å². The minimum absolute atomic E-state index is 0.0243. The fourth-order valence-electron chi connectivity index (χ4n) is 1.14. The maximum atomic E-state index is 10.6. The number of aliphatic imine (C=N–C) groups is 1. The van der Waals surface area contributed by atoms with Crippen molar-refractivity contribution in [2.24, 2.45) is 10.7 Å². The zero-order valence-corrected chi connectivity index (χ0v) is 7.92. The van der Waals surface area contributed by atoms with Crippen LogP contribution in [0, 0.1) is 0 Å². The van der Waals surface area contributed by atoms with Crippen LogP contribution in [0.25, 0.3) is 0 Å². The number of primary amides is 1. The molecule has 78 valence electrons. The van der Waals surface area contributed by atoms with E-state index in [9.17, 15) is 9.59 Å². The highest BCUT2D eigenvalue weighted by atomic mass is 16.6. The molecule has 0 heterocycles. The second-order valence-corrected chi connectivity index (χ2v) is 2.77. The number of hydrogen-bond acceptors (Lipinski definition) is 4. The van der Waals surface area contributed by atoms with Crippen LogP contribution in [0.4, 0.5) is 4.79 Å². The molecule has 0 aliphatic heterocycles. The third-order valence-corrected chi connectivity index (χ3v) is 1.75. The summed E-state index contributed by atoms with van der Waals surface area (Å²) >= 11 is 0. The Morgan fingerprint density at radius 3 is 2.67 bits per heavy atom. The Bertz CT molecular complexity index is 368. The van der Waals surface area contributed by atoms with E-state index in [0.29, 0.717) is 0 Å². The second-order valence-electron chi connectivity index (χ2n) is 2.77. The molecule has 5 heteroatoms. The van der Waals surface area contributed by atoms with Gasteiger partial charge in [-0.05, 0) is 5.56 Å². The molecule has 5 nitrogen and oxygen atoms in total. The van der Waals surface area contributed by atoms with Crippen LogP contribution in [0.2, 0.25) is 0 Å². The van der Waals surface area contributed by atoms with Gasteiger partial charge in [0.1, 0.15) is 6.10 Å². The second kappa shape index (κ2) is 5.57. The van der Waals surface area contributed by atoms with Gasteiger partial charge in [0.2, 0.25) is 6.08 Å². The number of rotatable bonds is 4. The molecule has 0 unspecified atom stereocenters. The SMILES string of the molecule is NC(=O)O[C@@H](CN=C=O)c1ccccc1. The van der Waals surface area contributed by atoms with E-state index >= 15 is 0 Å². The number of benzene rings is 1. The quantitative estimate of drug-likeness (QED) is 0.592. The number of carbonyl (C=O) groups is 1. The van der Waals surface area contributed by atoms with E-state index in [1.165, 1.54) is 6.08 Å². The number of amides is 1. The first kappa shape index (κ1) is 10.9. The third kappa shape index (κ3) is 3.62. The minimum atomic E-state index is -0.898. The number of nitrogens with zero attached hydrogens (tertiary/aromatic N) is 1. The summed E-state index contributed by atoms with van der Waals surface area (Å²) in [5.74, 6) is 0. The first-order valence-electron chi connectivity index (χ1n) is 4.28. The largest absolute Gasteiger partial charge is 0.439 e. The van der Waals surface area contributed by atoms with Gasteiger partial charge in [-0.2, -0.15) is 0 Å². The molecule has 0 aliphatic rings. The fraction of sp³-hybridized carbons (Fsp3) is 0.200. The summed E-state index contributed by atoms with van der Waals surface area (Å²) in [5, 5.41) is 0. The zero-order valence-electron chi connectivity index (χ0n) is 7.92. The molecule has 0 spiro atoms. The fourth-order valence-corrected chi connectivity index (χ4v) is 1.14. The van der Waals surface area contributed by atoms with E-state index in [1.807, 2.05) is 6.07 Å². The number of carbonyl (C=O) groups excluding carboxylic acids is 2. The average molecular weight is 206 g/mol. The number of ether oxygens (including phenoxy) is 1. The van der Waals surface area contributed by atoms with Crippen LogP contribution in [-0.2, 0) is 9.53 Å².